The molecule has 2 aromatic rings. The molecule has 7 heteroatoms. The molecule has 1 aliphatic rings. The van der Waals surface area contributed by atoms with Gasteiger partial charge >= 0.3 is 0 Å². The number of anilines is 1. The lowest BCUT2D eigenvalue weighted by Gasteiger charge is -2.22. The molecule has 1 amide bonds. The maximum Gasteiger partial charge on any atom is 0.229 e. The van der Waals surface area contributed by atoms with Gasteiger partial charge in [-0.05, 0) is 38.1 Å². The fourth-order valence-electron chi connectivity index (χ4n) is 2.22. The minimum absolute atomic E-state index is 0.177. The van der Waals surface area contributed by atoms with Crippen molar-refractivity contribution in [3.63, 3.8) is 0 Å². The van der Waals surface area contributed by atoms with Gasteiger partial charge in [-0.1, -0.05) is 17.7 Å². The van der Waals surface area contributed by atoms with Crippen LogP contribution in [0.3, 0.4) is 0 Å². The molecule has 0 saturated carbocycles. The van der Waals surface area contributed by atoms with Gasteiger partial charge in [-0.3, -0.25) is 14.7 Å². The fourth-order valence-corrected chi connectivity index (χ4v) is 2.36. The Bertz CT molecular complexity index is 836. The van der Waals surface area contributed by atoms with Crippen LogP contribution < -0.4 is 5.32 Å². The minimum atomic E-state index is -0.544. The molecular formula is C16H17ClN4O2. The highest BCUT2D eigenvalue weighted by molar-refractivity contribution is 6.29. The third kappa shape index (κ3) is 3.13. The van der Waals surface area contributed by atoms with Gasteiger partial charge in [0.25, 0.3) is 0 Å². The molecule has 0 saturated heterocycles. The number of amides is 1. The molecule has 0 aromatic carbocycles. The van der Waals surface area contributed by atoms with E-state index in [0.29, 0.717) is 22.3 Å². The van der Waals surface area contributed by atoms with Gasteiger partial charge < -0.3 is 4.74 Å². The van der Waals surface area contributed by atoms with Gasteiger partial charge in [-0.25, -0.2) is 9.97 Å². The van der Waals surface area contributed by atoms with Crippen LogP contribution in [0.15, 0.2) is 30.4 Å². The number of rotatable bonds is 5. The van der Waals surface area contributed by atoms with Crippen LogP contribution >= 0.6 is 11.6 Å². The van der Waals surface area contributed by atoms with Crippen LogP contribution in [0.4, 0.5) is 5.95 Å². The summed E-state index contributed by atoms with van der Waals surface area (Å²) < 4.78 is 7.07. The molecule has 0 aliphatic heterocycles. The highest BCUT2D eigenvalue weighted by Crippen LogP contribution is 2.28. The number of ether oxygens (including phenoxy) is 1. The summed E-state index contributed by atoms with van der Waals surface area (Å²) in [5.41, 5.74) is 1.62. The number of nitrogens with zero attached hydrogens (tertiary/aromatic N) is 3. The zero-order valence-corrected chi connectivity index (χ0v) is 13.9. The van der Waals surface area contributed by atoms with E-state index in [4.69, 9.17) is 16.3 Å². The molecule has 0 radical (unpaired) electrons. The van der Waals surface area contributed by atoms with Gasteiger partial charge in [0, 0.05) is 7.11 Å². The molecule has 3 rings (SSSR count). The second-order valence-corrected chi connectivity index (χ2v) is 6.27. The smallest absolute Gasteiger partial charge is 0.229 e. The summed E-state index contributed by atoms with van der Waals surface area (Å²) in [5.74, 6) is 0.241. The van der Waals surface area contributed by atoms with Crippen LogP contribution in [0.2, 0.25) is 5.15 Å². The first-order chi connectivity index (χ1) is 10.9. The van der Waals surface area contributed by atoms with E-state index in [0.717, 1.165) is 5.70 Å². The maximum absolute atomic E-state index is 12.3. The average Bonchev–Trinajstić information content (AvgIpc) is 2.74. The van der Waals surface area contributed by atoms with Gasteiger partial charge in [0.2, 0.25) is 11.9 Å². The van der Waals surface area contributed by atoms with Crippen molar-refractivity contribution < 1.29 is 9.53 Å². The summed E-state index contributed by atoms with van der Waals surface area (Å²) in [7, 11) is 1.58. The van der Waals surface area contributed by atoms with Crippen LogP contribution in [0.5, 0.6) is 0 Å². The number of hydrogen-bond donors (Lipinski definition) is 1. The summed E-state index contributed by atoms with van der Waals surface area (Å²) in [4.78, 5) is 21.0. The van der Waals surface area contributed by atoms with E-state index < -0.39 is 5.60 Å². The van der Waals surface area contributed by atoms with Gasteiger partial charge in [-0.2, -0.15) is 0 Å². The molecule has 1 N–H and O–H groups in total. The summed E-state index contributed by atoms with van der Waals surface area (Å²) in [6.45, 7) is 3.71. The van der Waals surface area contributed by atoms with Crippen molar-refractivity contribution in [1.82, 2.24) is 14.5 Å². The molecule has 23 heavy (non-hydrogen) atoms. The standard InChI is InChI=1S/C16H17ClN4O2/c1-16(2,23-3)9-13(22)20-15-18-11-7-8-12(17)19-14(11)21(15)10-5-4-6-10/h4-8H,9H2,1-3H3,(H,18,20,22). The van der Waals surface area contributed by atoms with Gasteiger partial charge in [-0.15, -0.1) is 0 Å². The normalized spacial score (nSPS) is 13.8. The number of aromatic nitrogens is 3. The van der Waals surface area contributed by atoms with Crippen molar-refractivity contribution in [2.45, 2.75) is 25.9 Å². The number of halogens is 1. The van der Waals surface area contributed by atoms with E-state index in [2.05, 4.69) is 15.3 Å². The first-order valence-corrected chi connectivity index (χ1v) is 7.56. The predicted octanol–water partition coefficient (Wildman–Crippen LogP) is 3.25. The fraction of sp³-hybridized carbons (Fsp3) is 0.312. The summed E-state index contributed by atoms with van der Waals surface area (Å²) in [6, 6.07) is 3.45. The van der Waals surface area contributed by atoms with Crippen molar-refractivity contribution in [2.24, 2.45) is 0 Å². The Hall–Kier alpha value is -2.18. The van der Waals surface area contributed by atoms with Crippen molar-refractivity contribution in [3.05, 3.63) is 35.5 Å². The summed E-state index contributed by atoms with van der Waals surface area (Å²) in [5, 5.41) is 3.21. The molecule has 6 nitrogen and oxygen atoms in total. The van der Waals surface area contributed by atoms with Crippen LogP contribution in [0.1, 0.15) is 20.3 Å². The maximum atomic E-state index is 12.3. The number of fused-ring (bicyclic) bond motifs is 1. The largest absolute Gasteiger partial charge is 0.378 e. The van der Waals surface area contributed by atoms with E-state index in [1.165, 1.54) is 0 Å². The molecular weight excluding hydrogens is 316 g/mol. The van der Waals surface area contributed by atoms with Crippen LogP contribution in [0, 0.1) is 0 Å². The molecule has 0 bridgehead atoms. The van der Waals surface area contributed by atoms with E-state index >= 15 is 0 Å². The van der Waals surface area contributed by atoms with Crippen molar-refractivity contribution in [1.29, 1.82) is 0 Å². The number of allylic oxidation sites excluding steroid dienone is 4. The first-order valence-electron chi connectivity index (χ1n) is 7.18. The third-order valence-corrected chi connectivity index (χ3v) is 3.86. The zero-order chi connectivity index (χ0) is 16.6. The number of nitrogens with one attached hydrogen (secondary N) is 1. The number of pyridine rings is 1. The van der Waals surface area contributed by atoms with E-state index in [-0.39, 0.29) is 12.3 Å². The molecule has 1 aliphatic carbocycles. The average molecular weight is 333 g/mol. The van der Waals surface area contributed by atoms with Crippen molar-refractivity contribution >= 4 is 40.3 Å². The van der Waals surface area contributed by atoms with E-state index in [1.54, 1.807) is 23.8 Å². The second kappa shape index (κ2) is 5.79. The predicted molar refractivity (Wildman–Crippen MR) is 90.3 cm³/mol. The molecule has 2 heterocycles. The molecule has 0 spiro atoms. The van der Waals surface area contributed by atoms with Gasteiger partial charge in [0.15, 0.2) is 5.65 Å². The summed E-state index contributed by atoms with van der Waals surface area (Å²) in [6.07, 6.45) is 5.96. The number of hydrogen-bond acceptors (Lipinski definition) is 4. The lowest BCUT2D eigenvalue weighted by molar-refractivity contribution is -0.121. The molecule has 0 atom stereocenters. The number of imidazole rings is 1. The second-order valence-electron chi connectivity index (χ2n) is 5.89. The third-order valence-electron chi connectivity index (χ3n) is 3.65. The number of methoxy groups -OCH3 is 1. The number of carbonyl (C=O) groups excluding carboxylic acids is 1. The molecule has 0 unspecified atom stereocenters. The molecule has 120 valence electrons. The lowest BCUT2D eigenvalue weighted by Crippen LogP contribution is -2.30. The van der Waals surface area contributed by atoms with Gasteiger partial charge in [0.05, 0.1) is 17.7 Å². The highest BCUT2D eigenvalue weighted by Gasteiger charge is 2.24. The van der Waals surface area contributed by atoms with Gasteiger partial charge in [0.1, 0.15) is 10.7 Å². The topological polar surface area (TPSA) is 69.0 Å². The molecule has 2 aromatic heterocycles. The Labute approximate surface area is 138 Å². The highest BCUT2D eigenvalue weighted by atomic mass is 35.5. The van der Waals surface area contributed by atoms with Crippen LogP contribution in [-0.2, 0) is 9.53 Å². The Morgan fingerprint density at radius 3 is 2.74 bits per heavy atom. The molecule has 0 fully saturated rings. The SMILES string of the molecule is COC(C)(C)CC(=O)Nc1nc2ccc(Cl)nc2n1C1=CC=C1. The van der Waals surface area contributed by atoms with Crippen LogP contribution in [0.25, 0.3) is 16.9 Å². The van der Waals surface area contributed by atoms with Crippen molar-refractivity contribution in [3.8, 4) is 0 Å². The lowest BCUT2D eigenvalue weighted by atomic mass is 10.1. The summed E-state index contributed by atoms with van der Waals surface area (Å²) >= 11 is 5.98. The van der Waals surface area contributed by atoms with E-state index in [9.17, 15) is 4.79 Å². The Morgan fingerprint density at radius 1 is 1.39 bits per heavy atom. The minimum Gasteiger partial charge on any atom is -0.378 e. The monoisotopic (exact) mass is 332 g/mol. The Morgan fingerprint density at radius 2 is 2.13 bits per heavy atom. The van der Waals surface area contributed by atoms with Crippen molar-refractivity contribution in [2.75, 3.05) is 12.4 Å². The van der Waals surface area contributed by atoms with E-state index in [1.807, 2.05) is 32.1 Å². The quantitative estimate of drug-likeness (QED) is 0.853. The van der Waals surface area contributed by atoms with Crippen LogP contribution in [-0.4, -0.2) is 33.2 Å². The zero-order valence-electron chi connectivity index (χ0n) is 13.1. The number of carbonyl (C=O) groups is 1. The first kappa shape index (κ1) is 15.7. The Kier molecular flexibility index (Phi) is 3.95. The Balaban J connectivity index is 1.96.